The monoisotopic (exact) mass is 480 g/mol. The number of likely N-dealkylation sites (tertiary alicyclic amines) is 1. The van der Waals surface area contributed by atoms with Crippen LogP contribution in [0.5, 0.6) is 11.5 Å². The Morgan fingerprint density at radius 2 is 1.80 bits per heavy atom. The standard InChI is InChI=1S/C28H37N3O4/c1-3-4-16-31(2)26(32)25(22-8-6-5-7-9-22)29-27(33)28(31)12-14-30(15-13-28)20-21-10-11-23-24(19-21)35-18-17-34-23/h10-11,19,22,25H,5-9,12-18,20H2,1-2H3/p+1. The maximum absolute atomic E-state index is 14.0. The lowest BCUT2D eigenvalue weighted by Gasteiger charge is -2.55. The van der Waals surface area contributed by atoms with Crippen LogP contribution in [0.1, 0.15) is 57.4 Å². The van der Waals surface area contributed by atoms with E-state index in [1.54, 1.807) is 0 Å². The summed E-state index contributed by atoms with van der Waals surface area (Å²) in [6, 6.07) is 5.74. The van der Waals surface area contributed by atoms with E-state index in [0.29, 0.717) is 32.6 Å². The highest BCUT2D eigenvalue weighted by atomic mass is 16.6. The molecule has 1 saturated carbocycles. The number of amides is 2. The number of likely N-dealkylation sites (N-methyl/N-ethyl adjacent to an activating group) is 1. The molecule has 1 aromatic rings. The van der Waals surface area contributed by atoms with E-state index in [4.69, 9.17) is 9.47 Å². The van der Waals surface area contributed by atoms with Crippen molar-refractivity contribution >= 4 is 11.8 Å². The fraction of sp³-hybridized carbons (Fsp3) is 0.643. The van der Waals surface area contributed by atoms with E-state index in [9.17, 15) is 9.59 Å². The number of piperazine rings is 1. The first-order valence-electron chi connectivity index (χ1n) is 13.2. The minimum atomic E-state index is -0.755. The van der Waals surface area contributed by atoms with Crippen LogP contribution in [0.2, 0.25) is 0 Å². The van der Waals surface area contributed by atoms with E-state index in [2.05, 4.69) is 34.2 Å². The van der Waals surface area contributed by atoms with E-state index in [-0.39, 0.29) is 28.3 Å². The van der Waals surface area contributed by atoms with Crippen LogP contribution >= 0.6 is 0 Å². The number of carbonyl (C=O) groups is 2. The van der Waals surface area contributed by atoms with Crippen molar-refractivity contribution in [2.24, 2.45) is 5.92 Å². The molecular formula is C28H38N3O4+. The zero-order chi connectivity index (χ0) is 24.5. The average molecular weight is 481 g/mol. The van der Waals surface area contributed by atoms with Crippen LogP contribution in [0.25, 0.3) is 0 Å². The number of benzene rings is 1. The molecule has 4 aliphatic rings. The summed E-state index contributed by atoms with van der Waals surface area (Å²) in [5.41, 5.74) is 0.413. The van der Waals surface area contributed by atoms with Crippen molar-refractivity contribution in [3.63, 3.8) is 0 Å². The summed E-state index contributed by atoms with van der Waals surface area (Å²) in [5.74, 6) is 8.19. The number of piperidine rings is 1. The van der Waals surface area contributed by atoms with Gasteiger partial charge in [-0.1, -0.05) is 25.3 Å². The van der Waals surface area contributed by atoms with Crippen molar-refractivity contribution in [1.29, 1.82) is 0 Å². The van der Waals surface area contributed by atoms with E-state index in [1.807, 2.05) is 20.0 Å². The quantitative estimate of drug-likeness (QED) is 0.530. The minimum absolute atomic E-state index is 0.0482. The molecule has 3 aliphatic heterocycles. The molecule has 188 valence electrons. The lowest BCUT2D eigenvalue weighted by atomic mass is 9.75. The first-order chi connectivity index (χ1) is 17.0. The number of fused-ring (bicyclic) bond motifs is 1. The van der Waals surface area contributed by atoms with E-state index < -0.39 is 5.54 Å². The fourth-order valence-electron chi connectivity index (χ4n) is 6.58. The smallest absolute Gasteiger partial charge is 0.337 e. The van der Waals surface area contributed by atoms with Gasteiger partial charge in [-0.15, -0.1) is 5.92 Å². The van der Waals surface area contributed by atoms with Crippen LogP contribution in [0.15, 0.2) is 18.2 Å². The van der Waals surface area contributed by atoms with Crippen molar-refractivity contribution in [3.05, 3.63) is 23.8 Å². The molecule has 3 fully saturated rings. The van der Waals surface area contributed by atoms with Crippen molar-refractivity contribution in [1.82, 2.24) is 10.2 Å². The van der Waals surface area contributed by atoms with Crippen LogP contribution in [0.3, 0.4) is 0 Å². The minimum Gasteiger partial charge on any atom is -0.486 e. The van der Waals surface area contributed by atoms with E-state index >= 15 is 0 Å². The predicted molar refractivity (Wildman–Crippen MR) is 133 cm³/mol. The van der Waals surface area contributed by atoms with Gasteiger partial charge in [0.05, 0.1) is 7.05 Å². The predicted octanol–water partition coefficient (Wildman–Crippen LogP) is 2.87. The zero-order valence-corrected chi connectivity index (χ0v) is 21.1. The average Bonchev–Trinajstić information content (AvgIpc) is 2.90. The van der Waals surface area contributed by atoms with Crippen LogP contribution in [-0.4, -0.2) is 72.7 Å². The summed E-state index contributed by atoms with van der Waals surface area (Å²) < 4.78 is 11.5. The molecule has 0 aromatic heterocycles. The SMILES string of the molecule is CC#CC[N+]1(C)C(=O)C(C2CCCCC2)NC(=O)C12CCN(Cc1ccc3c(c1)OCCO3)CC2. The number of rotatable bonds is 4. The third-order valence-electron chi connectivity index (χ3n) is 8.80. The third-order valence-corrected chi connectivity index (χ3v) is 8.80. The number of nitrogens with zero attached hydrogens (tertiary/aromatic N) is 2. The van der Waals surface area contributed by atoms with Crippen molar-refractivity contribution in [2.45, 2.75) is 70.0 Å². The molecule has 2 atom stereocenters. The van der Waals surface area contributed by atoms with Gasteiger partial charge in [0, 0.05) is 32.5 Å². The van der Waals surface area contributed by atoms with Crippen LogP contribution < -0.4 is 14.8 Å². The number of hydrogen-bond donors (Lipinski definition) is 1. The second kappa shape index (κ2) is 9.83. The van der Waals surface area contributed by atoms with Crippen LogP contribution in [-0.2, 0) is 16.1 Å². The second-order valence-corrected chi connectivity index (χ2v) is 10.7. The Morgan fingerprint density at radius 1 is 1.09 bits per heavy atom. The molecule has 1 aromatic carbocycles. The molecule has 2 unspecified atom stereocenters. The van der Waals surface area contributed by atoms with Crippen LogP contribution in [0, 0.1) is 17.8 Å². The van der Waals surface area contributed by atoms with Gasteiger partial charge in [0.1, 0.15) is 25.8 Å². The Balaban J connectivity index is 1.33. The van der Waals surface area contributed by atoms with Gasteiger partial charge in [-0.2, -0.15) is 0 Å². The van der Waals surface area contributed by atoms with Crippen molar-refractivity contribution in [2.75, 3.05) is 39.9 Å². The second-order valence-electron chi connectivity index (χ2n) is 10.7. The third kappa shape index (κ3) is 4.32. The molecule has 3 heterocycles. The highest BCUT2D eigenvalue weighted by Crippen LogP contribution is 2.41. The molecule has 7 nitrogen and oxygen atoms in total. The Kier molecular flexibility index (Phi) is 6.78. The van der Waals surface area contributed by atoms with Gasteiger partial charge in [-0.05, 0) is 49.3 Å². The topological polar surface area (TPSA) is 67.9 Å². The Bertz CT molecular complexity index is 1030. The van der Waals surface area contributed by atoms with Gasteiger partial charge in [0.15, 0.2) is 17.0 Å². The first-order valence-corrected chi connectivity index (χ1v) is 13.2. The van der Waals surface area contributed by atoms with Gasteiger partial charge in [-0.25, -0.2) is 9.28 Å². The molecular weight excluding hydrogens is 442 g/mol. The molecule has 5 rings (SSSR count). The summed E-state index contributed by atoms with van der Waals surface area (Å²) in [4.78, 5) is 30.2. The normalized spacial score (nSPS) is 28.8. The number of carbonyl (C=O) groups excluding carboxylic acids is 2. The fourth-order valence-corrected chi connectivity index (χ4v) is 6.58. The molecule has 2 saturated heterocycles. The molecule has 1 N–H and O–H groups in total. The number of ether oxygens (including phenoxy) is 2. The Hall–Kier alpha value is -2.56. The molecule has 2 amide bonds. The van der Waals surface area contributed by atoms with E-state index in [1.165, 1.54) is 12.0 Å². The molecule has 1 spiro atoms. The van der Waals surface area contributed by atoms with Gasteiger partial charge < -0.3 is 14.8 Å². The van der Waals surface area contributed by atoms with Gasteiger partial charge in [0.25, 0.3) is 5.91 Å². The lowest BCUT2D eigenvalue weighted by molar-refractivity contribution is -0.876. The Labute approximate surface area is 208 Å². The number of quaternary nitrogens is 1. The highest BCUT2D eigenvalue weighted by Gasteiger charge is 2.64. The maximum Gasteiger partial charge on any atom is 0.337 e. The van der Waals surface area contributed by atoms with E-state index in [0.717, 1.165) is 56.8 Å². The lowest BCUT2D eigenvalue weighted by Crippen LogP contribution is -2.81. The van der Waals surface area contributed by atoms with Gasteiger partial charge in [0.2, 0.25) is 0 Å². The molecule has 35 heavy (non-hydrogen) atoms. The number of nitrogens with one attached hydrogen (secondary N) is 1. The summed E-state index contributed by atoms with van der Waals surface area (Å²) in [5, 5.41) is 3.23. The Morgan fingerprint density at radius 3 is 2.51 bits per heavy atom. The summed E-state index contributed by atoms with van der Waals surface area (Å²) in [6.45, 7) is 5.67. The van der Waals surface area contributed by atoms with Crippen LogP contribution in [0.4, 0.5) is 0 Å². The first kappa shape index (κ1) is 24.1. The maximum atomic E-state index is 14.0. The van der Waals surface area contributed by atoms with Gasteiger partial charge >= 0.3 is 5.91 Å². The van der Waals surface area contributed by atoms with Crippen molar-refractivity contribution in [3.8, 4) is 23.3 Å². The van der Waals surface area contributed by atoms with Crippen molar-refractivity contribution < 1.29 is 23.5 Å². The number of hydrogen-bond acceptors (Lipinski definition) is 5. The summed E-state index contributed by atoms with van der Waals surface area (Å²) in [7, 11) is 1.97. The van der Waals surface area contributed by atoms with Gasteiger partial charge in [-0.3, -0.25) is 9.69 Å². The molecule has 0 radical (unpaired) electrons. The largest absolute Gasteiger partial charge is 0.486 e. The molecule has 7 heteroatoms. The highest BCUT2D eigenvalue weighted by molar-refractivity contribution is 5.95. The molecule has 0 bridgehead atoms. The summed E-state index contributed by atoms with van der Waals surface area (Å²) >= 11 is 0. The molecule has 1 aliphatic carbocycles. The summed E-state index contributed by atoms with van der Waals surface area (Å²) in [6.07, 6.45) is 6.84. The zero-order valence-electron chi connectivity index (χ0n) is 21.1.